The first-order valence-electron chi connectivity index (χ1n) is 6.92. The Morgan fingerprint density at radius 3 is 2.54 bits per heavy atom. The van der Waals surface area contributed by atoms with Crippen LogP contribution in [0.3, 0.4) is 0 Å². The molecule has 5 nitrogen and oxygen atoms in total. The van der Waals surface area contributed by atoms with E-state index >= 15 is 0 Å². The Morgan fingerprint density at radius 1 is 1.17 bits per heavy atom. The molecule has 8 heteroatoms. The molecule has 0 unspecified atom stereocenters. The highest BCUT2D eigenvalue weighted by molar-refractivity contribution is 7.80. The Morgan fingerprint density at radius 2 is 1.88 bits per heavy atom. The van der Waals surface area contributed by atoms with Gasteiger partial charge in [-0.15, -0.1) is 0 Å². The number of ether oxygens (including phenoxy) is 1. The SMILES string of the molecule is O=C(NCCOc1ccc(C(=S)NO)cc1)c1cccc(Cl)c1Cl. The molecule has 0 aliphatic heterocycles. The number of hydrogen-bond donors (Lipinski definition) is 3. The fraction of sp³-hybridized carbons (Fsp3) is 0.125. The summed E-state index contributed by atoms with van der Waals surface area (Å²) >= 11 is 16.8. The van der Waals surface area contributed by atoms with Gasteiger partial charge in [-0.25, -0.2) is 0 Å². The first-order chi connectivity index (χ1) is 11.5. The van der Waals surface area contributed by atoms with Gasteiger partial charge in [0, 0.05) is 5.56 Å². The van der Waals surface area contributed by atoms with Gasteiger partial charge in [0.05, 0.1) is 22.2 Å². The first-order valence-corrected chi connectivity index (χ1v) is 8.09. The molecule has 0 atom stereocenters. The van der Waals surface area contributed by atoms with Crippen molar-refractivity contribution in [1.29, 1.82) is 0 Å². The number of carbonyl (C=O) groups is 1. The molecule has 3 N–H and O–H groups in total. The second kappa shape index (κ2) is 8.84. The predicted molar refractivity (Wildman–Crippen MR) is 97.4 cm³/mol. The number of benzene rings is 2. The van der Waals surface area contributed by atoms with Crippen LogP contribution in [0.4, 0.5) is 0 Å². The molecule has 2 aromatic carbocycles. The van der Waals surface area contributed by atoms with Crippen molar-refractivity contribution in [3.05, 3.63) is 63.6 Å². The molecule has 0 aromatic heterocycles. The number of hydrogen-bond acceptors (Lipinski definition) is 4. The van der Waals surface area contributed by atoms with Crippen LogP contribution in [0.15, 0.2) is 42.5 Å². The summed E-state index contributed by atoms with van der Waals surface area (Å²) in [7, 11) is 0. The Hall–Kier alpha value is -1.86. The van der Waals surface area contributed by atoms with Crippen LogP contribution in [0.1, 0.15) is 15.9 Å². The van der Waals surface area contributed by atoms with Gasteiger partial charge in [-0.2, -0.15) is 0 Å². The number of halogens is 2. The second-order valence-electron chi connectivity index (χ2n) is 4.67. The largest absolute Gasteiger partial charge is 0.492 e. The Labute approximate surface area is 154 Å². The van der Waals surface area contributed by atoms with E-state index in [0.717, 1.165) is 0 Å². The van der Waals surface area contributed by atoms with E-state index in [0.29, 0.717) is 28.4 Å². The third-order valence-corrected chi connectivity index (χ3v) is 4.22. The fourth-order valence-electron chi connectivity index (χ4n) is 1.87. The molecule has 0 radical (unpaired) electrons. The highest BCUT2D eigenvalue weighted by atomic mass is 35.5. The van der Waals surface area contributed by atoms with Crippen molar-refractivity contribution in [2.45, 2.75) is 0 Å². The van der Waals surface area contributed by atoms with Crippen LogP contribution in [0.25, 0.3) is 0 Å². The van der Waals surface area contributed by atoms with E-state index in [9.17, 15) is 4.79 Å². The zero-order valence-corrected chi connectivity index (χ0v) is 14.7. The second-order valence-corrected chi connectivity index (χ2v) is 5.86. The molecule has 0 saturated carbocycles. The van der Waals surface area contributed by atoms with Gasteiger partial charge < -0.3 is 10.1 Å². The number of nitrogens with one attached hydrogen (secondary N) is 2. The van der Waals surface area contributed by atoms with Gasteiger partial charge in [-0.3, -0.25) is 15.5 Å². The lowest BCUT2D eigenvalue weighted by Gasteiger charge is -2.10. The van der Waals surface area contributed by atoms with E-state index in [1.165, 1.54) is 0 Å². The number of rotatable bonds is 6. The average molecular weight is 385 g/mol. The molecule has 0 aliphatic carbocycles. The molecule has 126 valence electrons. The van der Waals surface area contributed by atoms with Crippen LogP contribution < -0.4 is 15.5 Å². The maximum absolute atomic E-state index is 12.0. The lowest BCUT2D eigenvalue weighted by atomic mass is 10.2. The predicted octanol–water partition coefficient (Wildman–Crippen LogP) is 3.46. The van der Waals surface area contributed by atoms with E-state index in [1.54, 1.807) is 42.5 Å². The van der Waals surface area contributed by atoms with Gasteiger partial charge in [0.25, 0.3) is 5.91 Å². The third-order valence-electron chi connectivity index (χ3n) is 3.07. The summed E-state index contributed by atoms with van der Waals surface area (Å²) in [5, 5.41) is 12.0. The third kappa shape index (κ3) is 4.82. The molecule has 0 heterocycles. The molecule has 1 amide bonds. The van der Waals surface area contributed by atoms with E-state index in [-0.39, 0.29) is 22.5 Å². The van der Waals surface area contributed by atoms with Crippen molar-refractivity contribution in [1.82, 2.24) is 10.8 Å². The van der Waals surface area contributed by atoms with Crippen molar-refractivity contribution in [2.75, 3.05) is 13.2 Å². The Balaban J connectivity index is 1.81. The highest BCUT2D eigenvalue weighted by Crippen LogP contribution is 2.25. The van der Waals surface area contributed by atoms with Crippen molar-refractivity contribution in [3.63, 3.8) is 0 Å². The minimum absolute atomic E-state index is 0.224. The van der Waals surface area contributed by atoms with Crippen LogP contribution in [-0.4, -0.2) is 29.3 Å². The summed E-state index contributed by atoms with van der Waals surface area (Å²) in [5.41, 5.74) is 2.90. The van der Waals surface area contributed by atoms with Crippen molar-refractivity contribution in [3.8, 4) is 5.75 Å². The standard InChI is InChI=1S/C16H14Cl2N2O3S/c17-13-3-1-2-12(14(13)18)15(21)19-8-9-23-11-6-4-10(5-7-11)16(24)20-22/h1-7,22H,8-9H2,(H,19,21)(H,20,24). The molecule has 24 heavy (non-hydrogen) atoms. The summed E-state index contributed by atoms with van der Waals surface area (Å²) in [6.07, 6.45) is 0. The van der Waals surface area contributed by atoms with E-state index < -0.39 is 0 Å². The Kier molecular flexibility index (Phi) is 6.81. The molecule has 0 spiro atoms. The number of amides is 1. The van der Waals surface area contributed by atoms with E-state index in [2.05, 4.69) is 5.32 Å². The van der Waals surface area contributed by atoms with Gasteiger partial charge in [0.1, 0.15) is 17.3 Å². The molecular weight excluding hydrogens is 371 g/mol. The van der Waals surface area contributed by atoms with Gasteiger partial charge in [-0.05, 0) is 36.4 Å². The lowest BCUT2D eigenvalue weighted by Crippen LogP contribution is -2.28. The van der Waals surface area contributed by atoms with Gasteiger partial charge in [0.2, 0.25) is 0 Å². The van der Waals surface area contributed by atoms with E-state index in [1.807, 2.05) is 5.48 Å². The summed E-state index contributed by atoms with van der Waals surface area (Å²) < 4.78 is 5.51. The quantitative estimate of drug-likeness (QED) is 0.404. The van der Waals surface area contributed by atoms with Crippen molar-refractivity contribution < 1.29 is 14.7 Å². The summed E-state index contributed by atoms with van der Waals surface area (Å²) in [6, 6.07) is 11.7. The molecule has 2 aromatic rings. The highest BCUT2D eigenvalue weighted by Gasteiger charge is 2.11. The molecule has 0 bridgehead atoms. The lowest BCUT2D eigenvalue weighted by molar-refractivity contribution is 0.0947. The summed E-state index contributed by atoms with van der Waals surface area (Å²) in [4.78, 5) is 12.3. The van der Waals surface area contributed by atoms with Crippen LogP contribution in [0.2, 0.25) is 10.0 Å². The normalized spacial score (nSPS) is 10.1. The zero-order chi connectivity index (χ0) is 17.5. The minimum atomic E-state index is -0.319. The van der Waals surface area contributed by atoms with Crippen molar-refractivity contribution in [2.24, 2.45) is 0 Å². The average Bonchev–Trinajstić information content (AvgIpc) is 2.60. The minimum Gasteiger partial charge on any atom is -0.492 e. The molecular formula is C16H14Cl2N2O3S. The molecule has 0 saturated heterocycles. The maximum atomic E-state index is 12.0. The number of hydroxylamine groups is 1. The maximum Gasteiger partial charge on any atom is 0.252 e. The van der Waals surface area contributed by atoms with Crippen LogP contribution in [-0.2, 0) is 0 Å². The van der Waals surface area contributed by atoms with Crippen LogP contribution in [0, 0.1) is 0 Å². The Bertz CT molecular complexity index is 739. The smallest absolute Gasteiger partial charge is 0.252 e. The molecule has 2 rings (SSSR count). The number of carbonyl (C=O) groups excluding carboxylic acids is 1. The molecule has 0 fully saturated rings. The van der Waals surface area contributed by atoms with Crippen LogP contribution >= 0.6 is 35.4 Å². The first kappa shape index (κ1) is 18.5. The summed E-state index contributed by atoms with van der Waals surface area (Å²) in [6.45, 7) is 0.589. The van der Waals surface area contributed by atoms with Crippen LogP contribution in [0.5, 0.6) is 5.75 Å². The van der Waals surface area contributed by atoms with E-state index in [4.69, 9.17) is 45.4 Å². The summed E-state index contributed by atoms with van der Waals surface area (Å²) in [5.74, 6) is 0.301. The van der Waals surface area contributed by atoms with Gasteiger partial charge in [-0.1, -0.05) is 41.5 Å². The molecule has 0 aliphatic rings. The van der Waals surface area contributed by atoms with Crippen molar-refractivity contribution >= 4 is 46.3 Å². The van der Waals surface area contributed by atoms with Gasteiger partial charge in [0.15, 0.2) is 0 Å². The van der Waals surface area contributed by atoms with Gasteiger partial charge >= 0.3 is 0 Å². The number of thiocarbonyl (C=S) groups is 1. The fourth-order valence-corrected chi connectivity index (χ4v) is 2.40. The monoisotopic (exact) mass is 384 g/mol. The zero-order valence-electron chi connectivity index (χ0n) is 12.4. The topological polar surface area (TPSA) is 70.6 Å².